The third-order valence-electron chi connectivity index (χ3n) is 3.67. The van der Waals surface area contributed by atoms with E-state index < -0.39 is 0 Å². The lowest BCUT2D eigenvalue weighted by atomic mass is 10.1. The van der Waals surface area contributed by atoms with Crippen LogP contribution in [0.25, 0.3) is 0 Å². The van der Waals surface area contributed by atoms with Gasteiger partial charge in [-0.25, -0.2) is 0 Å². The molecule has 1 aromatic carbocycles. The Bertz CT molecular complexity index is 392. The Labute approximate surface area is 103 Å². The second-order valence-corrected chi connectivity index (χ2v) is 5.03. The molecular formula is C14H21NO2. The van der Waals surface area contributed by atoms with Gasteiger partial charge in [0.25, 0.3) is 0 Å². The summed E-state index contributed by atoms with van der Waals surface area (Å²) in [4.78, 5) is 0. The molecule has 0 spiro atoms. The van der Waals surface area contributed by atoms with Gasteiger partial charge in [0, 0.05) is 17.7 Å². The van der Waals surface area contributed by atoms with Gasteiger partial charge in [-0.3, -0.25) is 0 Å². The maximum Gasteiger partial charge on any atom is 0.124 e. The number of benzene rings is 1. The van der Waals surface area contributed by atoms with Gasteiger partial charge in [0.2, 0.25) is 0 Å². The van der Waals surface area contributed by atoms with E-state index in [0.29, 0.717) is 11.5 Å². The quantitative estimate of drug-likeness (QED) is 0.824. The number of rotatable bonds is 5. The van der Waals surface area contributed by atoms with Crippen LogP contribution in [0, 0.1) is 11.8 Å². The van der Waals surface area contributed by atoms with E-state index in [9.17, 15) is 5.11 Å². The topological polar surface area (TPSA) is 41.5 Å². The molecule has 1 aliphatic carbocycles. The third-order valence-corrected chi connectivity index (χ3v) is 3.67. The first-order valence-electron chi connectivity index (χ1n) is 6.22. The number of aromatic hydroxyl groups is 1. The zero-order valence-corrected chi connectivity index (χ0v) is 10.7. The molecule has 1 fully saturated rings. The number of hydrogen-bond acceptors (Lipinski definition) is 3. The van der Waals surface area contributed by atoms with Crippen molar-refractivity contribution in [1.82, 2.24) is 5.32 Å². The molecule has 3 atom stereocenters. The molecule has 0 saturated heterocycles. The molecule has 0 amide bonds. The van der Waals surface area contributed by atoms with Crippen LogP contribution >= 0.6 is 0 Å². The van der Waals surface area contributed by atoms with Crippen molar-refractivity contribution in [3.05, 3.63) is 23.8 Å². The van der Waals surface area contributed by atoms with Crippen molar-refractivity contribution in [2.75, 3.05) is 13.7 Å². The van der Waals surface area contributed by atoms with E-state index in [2.05, 4.69) is 19.2 Å². The van der Waals surface area contributed by atoms with Gasteiger partial charge in [0.05, 0.1) is 7.11 Å². The highest BCUT2D eigenvalue weighted by Gasteiger charge is 2.32. The van der Waals surface area contributed by atoms with Crippen LogP contribution < -0.4 is 10.1 Å². The van der Waals surface area contributed by atoms with Crippen LogP contribution in [-0.4, -0.2) is 18.8 Å². The number of hydrogen-bond donors (Lipinski definition) is 2. The summed E-state index contributed by atoms with van der Waals surface area (Å²) < 4.78 is 5.07. The maximum absolute atomic E-state index is 9.91. The van der Waals surface area contributed by atoms with Gasteiger partial charge in [-0.1, -0.05) is 13.0 Å². The highest BCUT2D eigenvalue weighted by Crippen LogP contribution is 2.37. The summed E-state index contributed by atoms with van der Waals surface area (Å²) in [6, 6.07) is 5.64. The highest BCUT2D eigenvalue weighted by molar-refractivity contribution is 5.41. The summed E-state index contributed by atoms with van der Waals surface area (Å²) in [5.41, 5.74) is 0.930. The smallest absolute Gasteiger partial charge is 0.124 e. The fourth-order valence-electron chi connectivity index (χ4n) is 2.14. The average molecular weight is 235 g/mol. The molecule has 1 aliphatic rings. The Morgan fingerprint density at radius 3 is 2.76 bits per heavy atom. The predicted octanol–water partition coefficient (Wildman–Crippen LogP) is 2.71. The lowest BCUT2D eigenvalue weighted by molar-refractivity contribution is 0.403. The summed E-state index contributed by atoms with van der Waals surface area (Å²) in [5, 5.41) is 13.4. The van der Waals surface area contributed by atoms with Gasteiger partial charge >= 0.3 is 0 Å². The first-order valence-corrected chi connectivity index (χ1v) is 6.22. The van der Waals surface area contributed by atoms with E-state index in [4.69, 9.17) is 4.74 Å². The fraction of sp³-hybridized carbons (Fsp3) is 0.571. The van der Waals surface area contributed by atoms with Crippen LogP contribution in [0.5, 0.6) is 11.5 Å². The Kier molecular flexibility index (Phi) is 3.57. The standard InChI is InChI=1S/C14H21NO2/c1-9-6-11(9)8-15-10(2)13-5-4-12(17-3)7-14(13)16/h4-5,7,9-11,15-16H,6,8H2,1-3H3. The molecule has 3 heteroatoms. The van der Waals surface area contributed by atoms with Gasteiger partial charge in [0.15, 0.2) is 0 Å². The SMILES string of the molecule is COc1ccc(C(C)NCC2CC2C)c(O)c1. The van der Waals surface area contributed by atoms with Crippen LogP contribution in [-0.2, 0) is 0 Å². The van der Waals surface area contributed by atoms with E-state index in [1.54, 1.807) is 13.2 Å². The van der Waals surface area contributed by atoms with Gasteiger partial charge in [-0.05, 0) is 37.8 Å². The van der Waals surface area contributed by atoms with Gasteiger partial charge in [-0.2, -0.15) is 0 Å². The molecule has 0 aromatic heterocycles. The number of phenolic OH excluding ortho intramolecular Hbond substituents is 1. The lowest BCUT2D eigenvalue weighted by Crippen LogP contribution is -2.21. The first kappa shape index (κ1) is 12.2. The van der Waals surface area contributed by atoms with Crippen molar-refractivity contribution < 1.29 is 9.84 Å². The summed E-state index contributed by atoms with van der Waals surface area (Å²) in [5.74, 6) is 2.67. The molecule has 0 heterocycles. The second kappa shape index (κ2) is 4.96. The summed E-state index contributed by atoms with van der Waals surface area (Å²) in [6.45, 7) is 5.39. The molecule has 1 saturated carbocycles. The molecule has 3 unspecified atom stereocenters. The number of methoxy groups -OCH3 is 1. The molecule has 2 rings (SSSR count). The van der Waals surface area contributed by atoms with Crippen LogP contribution in [0.4, 0.5) is 0 Å². The molecule has 17 heavy (non-hydrogen) atoms. The minimum absolute atomic E-state index is 0.175. The third kappa shape index (κ3) is 2.91. The predicted molar refractivity (Wildman–Crippen MR) is 68.3 cm³/mol. The summed E-state index contributed by atoms with van der Waals surface area (Å²) >= 11 is 0. The molecular weight excluding hydrogens is 214 g/mol. The molecule has 0 radical (unpaired) electrons. The van der Waals surface area contributed by atoms with Crippen LogP contribution in [0.15, 0.2) is 18.2 Å². The lowest BCUT2D eigenvalue weighted by Gasteiger charge is -2.16. The second-order valence-electron chi connectivity index (χ2n) is 5.03. The van der Waals surface area contributed by atoms with Crippen molar-refractivity contribution in [3.8, 4) is 11.5 Å². The molecule has 0 bridgehead atoms. The molecule has 94 valence electrons. The van der Waals surface area contributed by atoms with Crippen molar-refractivity contribution in [2.45, 2.75) is 26.3 Å². The number of nitrogens with one attached hydrogen (secondary N) is 1. The number of phenols is 1. The summed E-state index contributed by atoms with van der Waals surface area (Å²) in [6.07, 6.45) is 1.33. The van der Waals surface area contributed by atoms with Gasteiger partial charge < -0.3 is 15.2 Å². The van der Waals surface area contributed by atoms with E-state index in [-0.39, 0.29) is 6.04 Å². The monoisotopic (exact) mass is 235 g/mol. The minimum atomic E-state index is 0.175. The zero-order valence-electron chi connectivity index (χ0n) is 10.7. The van der Waals surface area contributed by atoms with E-state index in [1.807, 2.05) is 12.1 Å². The van der Waals surface area contributed by atoms with E-state index >= 15 is 0 Å². The van der Waals surface area contributed by atoms with Crippen LogP contribution in [0.3, 0.4) is 0 Å². The Hall–Kier alpha value is -1.22. The van der Waals surface area contributed by atoms with Crippen LogP contribution in [0.2, 0.25) is 0 Å². The Morgan fingerprint density at radius 2 is 2.24 bits per heavy atom. The van der Waals surface area contributed by atoms with E-state index in [1.165, 1.54) is 6.42 Å². The minimum Gasteiger partial charge on any atom is -0.507 e. The molecule has 0 aliphatic heterocycles. The Morgan fingerprint density at radius 1 is 1.53 bits per heavy atom. The Balaban J connectivity index is 1.95. The van der Waals surface area contributed by atoms with Gasteiger partial charge in [-0.15, -0.1) is 0 Å². The molecule has 3 nitrogen and oxygen atoms in total. The highest BCUT2D eigenvalue weighted by atomic mass is 16.5. The van der Waals surface area contributed by atoms with Crippen molar-refractivity contribution in [2.24, 2.45) is 11.8 Å². The van der Waals surface area contributed by atoms with Crippen molar-refractivity contribution in [3.63, 3.8) is 0 Å². The largest absolute Gasteiger partial charge is 0.507 e. The molecule has 2 N–H and O–H groups in total. The van der Waals surface area contributed by atoms with Crippen molar-refractivity contribution >= 4 is 0 Å². The van der Waals surface area contributed by atoms with Gasteiger partial charge in [0.1, 0.15) is 11.5 Å². The van der Waals surface area contributed by atoms with Crippen molar-refractivity contribution in [1.29, 1.82) is 0 Å². The normalized spacial score (nSPS) is 24.4. The van der Waals surface area contributed by atoms with E-state index in [0.717, 1.165) is 23.9 Å². The fourth-order valence-corrected chi connectivity index (χ4v) is 2.14. The first-order chi connectivity index (χ1) is 8.11. The molecule has 1 aromatic rings. The maximum atomic E-state index is 9.91. The van der Waals surface area contributed by atoms with Crippen LogP contribution in [0.1, 0.15) is 31.9 Å². The zero-order chi connectivity index (χ0) is 12.4. The average Bonchev–Trinajstić information content (AvgIpc) is 3.02. The number of ether oxygens (including phenoxy) is 1. The summed E-state index contributed by atoms with van der Waals surface area (Å²) in [7, 11) is 1.60.